The molecule has 0 aliphatic carbocycles. The minimum atomic E-state index is -0.488. The number of carbonyl (C=O) groups excluding carboxylic acids is 2. The minimum Gasteiger partial charge on any atom is -0.465 e. The van der Waals surface area contributed by atoms with Crippen molar-refractivity contribution in [2.45, 2.75) is 0 Å². The van der Waals surface area contributed by atoms with E-state index in [1.165, 1.54) is 18.4 Å². The van der Waals surface area contributed by atoms with Gasteiger partial charge in [0.05, 0.1) is 28.7 Å². The summed E-state index contributed by atoms with van der Waals surface area (Å²) in [5.74, 6) is -0.412. The molecule has 3 heterocycles. The molecular weight excluding hydrogens is 368 g/mol. The fourth-order valence-electron chi connectivity index (χ4n) is 2.78. The zero-order valence-electron chi connectivity index (χ0n) is 15.2. The van der Waals surface area contributed by atoms with Gasteiger partial charge in [-0.05, 0) is 42.5 Å². The predicted octanol–water partition coefficient (Wildman–Crippen LogP) is 3.36. The Hall–Kier alpha value is -4.26. The number of hydrogen-bond acceptors (Lipinski definition) is 5. The highest BCUT2D eigenvalue weighted by atomic mass is 16.3. The topological polar surface area (TPSA) is 97.1 Å². The quantitative estimate of drug-likeness (QED) is 0.415. The first kappa shape index (κ1) is 18.1. The molecule has 3 aromatic heterocycles. The number of amides is 2. The van der Waals surface area contributed by atoms with E-state index in [4.69, 9.17) is 4.42 Å². The van der Waals surface area contributed by atoms with Gasteiger partial charge in [-0.1, -0.05) is 24.3 Å². The summed E-state index contributed by atoms with van der Waals surface area (Å²) < 4.78 is 5.12. The van der Waals surface area contributed by atoms with E-state index in [-0.39, 0.29) is 0 Å². The van der Waals surface area contributed by atoms with Gasteiger partial charge in [-0.3, -0.25) is 25.4 Å². The van der Waals surface area contributed by atoms with Crippen LogP contribution in [0.5, 0.6) is 0 Å². The molecule has 7 nitrogen and oxygen atoms in total. The normalized spacial score (nSPS) is 10.9. The molecule has 0 fully saturated rings. The van der Waals surface area contributed by atoms with E-state index >= 15 is 0 Å². The number of pyridine rings is 2. The Kier molecular flexibility index (Phi) is 5.11. The molecule has 0 radical (unpaired) electrons. The molecule has 2 amide bonds. The first-order valence-electron chi connectivity index (χ1n) is 8.84. The number of para-hydroxylation sites is 1. The molecule has 0 spiro atoms. The van der Waals surface area contributed by atoms with Crippen molar-refractivity contribution in [3.8, 4) is 11.4 Å². The fraction of sp³-hybridized carbons (Fsp3) is 0. The van der Waals surface area contributed by atoms with Gasteiger partial charge in [0.2, 0.25) is 0 Å². The SMILES string of the molecule is O=C(/C=C/c1ccco1)NNC(=O)c1cc(-c2ccccn2)nc2ccccc12. The number of nitrogens with one attached hydrogen (secondary N) is 2. The van der Waals surface area contributed by atoms with Crippen molar-refractivity contribution in [2.75, 3.05) is 0 Å². The van der Waals surface area contributed by atoms with Crippen molar-refractivity contribution >= 4 is 28.8 Å². The number of rotatable bonds is 4. The zero-order chi connectivity index (χ0) is 20.1. The van der Waals surface area contributed by atoms with Crippen molar-refractivity contribution < 1.29 is 14.0 Å². The predicted molar refractivity (Wildman–Crippen MR) is 108 cm³/mol. The van der Waals surface area contributed by atoms with E-state index in [9.17, 15) is 9.59 Å². The lowest BCUT2D eigenvalue weighted by atomic mass is 10.1. The summed E-state index contributed by atoms with van der Waals surface area (Å²) >= 11 is 0. The Morgan fingerprint density at radius 3 is 2.59 bits per heavy atom. The number of hydrogen-bond donors (Lipinski definition) is 2. The number of carbonyl (C=O) groups is 2. The first-order chi connectivity index (χ1) is 14.2. The summed E-state index contributed by atoms with van der Waals surface area (Å²) in [7, 11) is 0. The van der Waals surface area contributed by atoms with Gasteiger partial charge in [0.15, 0.2) is 0 Å². The van der Waals surface area contributed by atoms with Crippen LogP contribution in [-0.2, 0) is 4.79 Å². The number of fused-ring (bicyclic) bond motifs is 1. The molecule has 2 N–H and O–H groups in total. The fourth-order valence-corrected chi connectivity index (χ4v) is 2.78. The van der Waals surface area contributed by atoms with Gasteiger partial charge in [-0.15, -0.1) is 0 Å². The van der Waals surface area contributed by atoms with Crippen LogP contribution in [0.3, 0.4) is 0 Å². The van der Waals surface area contributed by atoms with Crippen LogP contribution in [0.2, 0.25) is 0 Å². The molecule has 0 aliphatic heterocycles. The summed E-state index contributed by atoms with van der Waals surface area (Å²) in [5.41, 5.74) is 7.05. The number of benzene rings is 1. The lowest BCUT2D eigenvalue weighted by Gasteiger charge is -2.10. The Morgan fingerprint density at radius 1 is 0.931 bits per heavy atom. The van der Waals surface area contributed by atoms with Crippen molar-refractivity contribution in [2.24, 2.45) is 0 Å². The molecule has 1 aromatic carbocycles. The molecule has 0 unspecified atom stereocenters. The molecule has 29 heavy (non-hydrogen) atoms. The van der Waals surface area contributed by atoms with Gasteiger partial charge in [-0.2, -0.15) is 0 Å². The molecule has 0 aliphatic rings. The van der Waals surface area contributed by atoms with Crippen molar-refractivity contribution in [3.05, 3.63) is 90.5 Å². The van der Waals surface area contributed by atoms with Gasteiger partial charge in [0, 0.05) is 17.7 Å². The minimum absolute atomic E-state index is 0.381. The second-order valence-electron chi connectivity index (χ2n) is 6.08. The molecular formula is C22H16N4O3. The van der Waals surface area contributed by atoms with E-state index in [1.807, 2.05) is 36.4 Å². The highest BCUT2D eigenvalue weighted by Gasteiger charge is 2.14. The van der Waals surface area contributed by atoms with E-state index in [0.717, 1.165) is 0 Å². The van der Waals surface area contributed by atoms with Crippen LogP contribution >= 0.6 is 0 Å². The molecule has 0 bridgehead atoms. The van der Waals surface area contributed by atoms with Crippen molar-refractivity contribution in [3.63, 3.8) is 0 Å². The third kappa shape index (κ3) is 4.19. The van der Waals surface area contributed by atoms with Crippen LogP contribution in [0, 0.1) is 0 Å². The smallest absolute Gasteiger partial charge is 0.270 e. The maximum atomic E-state index is 12.8. The molecule has 4 aromatic rings. The van der Waals surface area contributed by atoms with Gasteiger partial charge in [0.1, 0.15) is 5.76 Å². The lowest BCUT2D eigenvalue weighted by Crippen LogP contribution is -2.40. The van der Waals surface area contributed by atoms with Crippen LogP contribution in [0.1, 0.15) is 16.1 Å². The second kappa shape index (κ2) is 8.18. The van der Waals surface area contributed by atoms with Gasteiger partial charge < -0.3 is 4.42 Å². The Bertz CT molecular complexity index is 1190. The van der Waals surface area contributed by atoms with E-state index in [0.29, 0.717) is 33.6 Å². The summed E-state index contributed by atoms with van der Waals surface area (Å²) in [6.45, 7) is 0. The van der Waals surface area contributed by atoms with Crippen molar-refractivity contribution in [1.29, 1.82) is 0 Å². The number of nitrogens with zero attached hydrogens (tertiary/aromatic N) is 2. The Labute approximate surface area is 166 Å². The Balaban J connectivity index is 1.57. The third-order valence-corrected chi connectivity index (χ3v) is 4.13. The molecule has 142 valence electrons. The molecule has 0 atom stereocenters. The molecule has 7 heteroatoms. The van der Waals surface area contributed by atoms with E-state index < -0.39 is 11.8 Å². The average Bonchev–Trinajstić information content (AvgIpc) is 3.29. The first-order valence-corrected chi connectivity index (χ1v) is 8.84. The van der Waals surface area contributed by atoms with Crippen LogP contribution in [0.15, 0.2) is 83.6 Å². The summed E-state index contributed by atoms with van der Waals surface area (Å²) in [6.07, 6.45) is 5.94. The highest BCUT2D eigenvalue weighted by Crippen LogP contribution is 2.23. The maximum Gasteiger partial charge on any atom is 0.270 e. The highest BCUT2D eigenvalue weighted by molar-refractivity contribution is 6.07. The average molecular weight is 384 g/mol. The number of hydrazine groups is 1. The third-order valence-electron chi connectivity index (χ3n) is 4.13. The molecule has 0 saturated heterocycles. The van der Waals surface area contributed by atoms with Crippen molar-refractivity contribution in [1.82, 2.24) is 20.8 Å². The summed E-state index contributed by atoms with van der Waals surface area (Å²) in [5, 5.41) is 0.671. The number of furan rings is 1. The number of aromatic nitrogens is 2. The van der Waals surface area contributed by atoms with Crippen LogP contribution in [0.4, 0.5) is 0 Å². The standard InChI is InChI=1S/C22H16N4O3/c27-21(11-10-15-6-5-13-29-15)25-26-22(28)17-14-20(19-9-3-4-12-23-19)24-18-8-2-1-7-16(17)18/h1-14H,(H,25,27)(H,26,28)/b11-10+. The summed E-state index contributed by atoms with van der Waals surface area (Å²) in [6, 6.07) is 17.9. The van der Waals surface area contributed by atoms with Crippen LogP contribution < -0.4 is 10.9 Å². The largest absolute Gasteiger partial charge is 0.465 e. The molecule has 0 saturated carbocycles. The van der Waals surface area contributed by atoms with Gasteiger partial charge in [0.25, 0.3) is 11.8 Å². The summed E-state index contributed by atoms with van der Waals surface area (Å²) in [4.78, 5) is 33.6. The van der Waals surface area contributed by atoms with Crippen LogP contribution in [-0.4, -0.2) is 21.8 Å². The monoisotopic (exact) mass is 384 g/mol. The Morgan fingerprint density at radius 2 is 1.79 bits per heavy atom. The zero-order valence-corrected chi connectivity index (χ0v) is 15.2. The second-order valence-corrected chi connectivity index (χ2v) is 6.08. The van der Waals surface area contributed by atoms with E-state index in [1.54, 1.807) is 30.5 Å². The van der Waals surface area contributed by atoms with E-state index in [2.05, 4.69) is 20.8 Å². The molecule has 4 rings (SSSR count). The maximum absolute atomic E-state index is 12.8. The van der Waals surface area contributed by atoms with Gasteiger partial charge in [-0.25, -0.2) is 4.98 Å². The van der Waals surface area contributed by atoms with Gasteiger partial charge >= 0.3 is 0 Å². The lowest BCUT2D eigenvalue weighted by molar-refractivity contribution is -0.117. The van der Waals surface area contributed by atoms with Crippen LogP contribution in [0.25, 0.3) is 28.4 Å².